The van der Waals surface area contributed by atoms with Crippen LogP contribution in [-0.2, 0) is 6.54 Å². The molecule has 0 radical (unpaired) electrons. The van der Waals surface area contributed by atoms with Gasteiger partial charge in [-0.2, -0.15) is 0 Å². The zero-order valence-electron chi connectivity index (χ0n) is 12.1. The van der Waals surface area contributed by atoms with Crippen molar-refractivity contribution in [2.24, 2.45) is 0 Å². The molecular formula is C16H25N3. The summed E-state index contributed by atoms with van der Waals surface area (Å²) in [5.41, 5.74) is 2.59. The zero-order chi connectivity index (χ0) is 13.2. The van der Waals surface area contributed by atoms with E-state index < -0.39 is 0 Å². The van der Waals surface area contributed by atoms with E-state index in [0.29, 0.717) is 0 Å². The Kier molecular flexibility index (Phi) is 3.85. The van der Waals surface area contributed by atoms with Crippen molar-refractivity contribution in [3.63, 3.8) is 0 Å². The van der Waals surface area contributed by atoms with Crippen LogP contribution in [0.25, 0.3) is 0 Å². The van der Waals surface area contributed by atoms with Crippen LogP contribution >= 0.6 is 0 Å². The fourth-order valence-electron chi connectivity index (χ4n) is 3.84. The van der Waals surface area contributed by atoms with Crippen LogP contribution in [0.2, 0.25) is 0 Å². The molecule has 3 rings (SSSR count). The van der Waals surface area contributed by atoms with Crippen molar-refractivity contribution in [1.29, 1.82) is 0 Å². The highest BCUT2D eigenvalue weighted by Crippen LogP contribution is 2.36. The third kappa shape index (κ3) is 2.67. The third-order valence-electron chi connectivity index (χ3n) is 4.83. The van der Waals surface area contributed by atoms with Gasteiger partial charge in [-0.05, 0) is 50.8 Å². The molecule has 2 bridgehead atoms. The predicted octanol–water partition coefficient (Wildman–Crippen LogP) is 2.49. The molecule has 0 amide bonds. The number of piperidine rings is 1. The maximum Gasteiger partial charge on any atom is 0.0573 e. The quantitative estimate of drug-likeness (QED) is 0.900. The molecule has 0 aromatic carbocycles. The molecule has 1 aromatic heterocycles. The Balaban J connectivity index is 1.69. The van der Waals surface area contributed by atoms with Crippen LogP contribution in [0.3, 0.4) is 0 Å². The average molecular weight is 259 g/mol. The van der Waals surface area contributed by atoms with Gasteiger partial charge < -0.3 is 5.32 Å². The minimum absolute atomic E-state index is 0.739. The van der Waals surface area contributed by atoms with Gasteiger partial charge in [-0.25, -0.2) is 0 Å². The van der Waals surface area contributed by atoms with E-state index in [9.17, 15) is 0 Å². The van der Waals surface area contributed by atoms with Crippen molar-refractivity contribution in [3.8, 4) is 0 Å². The van der Waals surface area contributed by atoms with Gasteiger partial charge in [-0.3, -0.25) is 9.88 Å². The second kappa shape index (κ2) is 5.59. The number of nitrogens with one attached hydrogen (secondary N) is 1. The van der Waals surface area contributed by atoms with Gasteiger partial charge in [0.2, 0.25) is 0 Å². The Morgan fingerprint density at radius 3 is 2.68 bits per heavy atom. The van der Waals surface area contributed by atoms with Crippen LogP contribution in [0.4, 0.5) is 0 Å². The van der Waals surface area contributed by atoms with Gasteiger partial charge in [-0.15, -0.1) is 0 Å². The summed E-state index contributed by atoms with van der Waals surface area (Å²) in [6.07, 6.45) is 7.30. The molecule has 3 nitrogen and oxygen atoms in total. The second-order valence-corrected chi connectivity index (χ2v) is 6.05. The average Bonchev–Trinajstić information content (AvgIpc) is 2.64. The maximum atomic E-state index is 4.57. The van der Waals surface area contributed by atoms with Gasteiger partial charge in [0.1, 0.15) is 0 Å². The molecule has 104 valence electrons. The minimum atomic E-state index is 0.739. The van der Waals surface area contributed by atoms with E-state index in [0.717, 1.165) is 31.2 Å². The molecule has 3 heteroatoms. The molecule has 2 unspecified atom stereocenters. The van der Waals surface area contributed by atoms with E-state index in [1.54, 1.807) is 0 Å². The molecule has 0 aliphatic carbocycles. The standard InChI is InChI=1S/C16H25N3/c1-3-17-13-9-14-6-7-15(10-13)19(14)11-16-12(2)5-4-8-18-16/h4-5,8,13-15,17H,3,6-7,9-11H2,1-2H3. The first-order valence-electron chi connectivity index (χ1n) is 7.67. The summed E-state index contributed by atoms with van der Waals surface area (Å²) >= 11 is 0. The van der Waals surface area contributed by atoms with Crippen molar-refractivity contribution in [2.75, 3.05) is 6.54 Å². The van der Waals surface area contributed by atoms with E-state index in [-0.39, 0.29) is 0 Å². The fourth-order valence-corrected chi connectivity index (χ4v) is 3.84. The van der Waals surface area contributed by atoms with E-state index in [1.165, 1.54) is 36.9 Å². The van der Waals surface area contributed by atoms with Crippen molar-refractivity contribution in [2.45, 2.75) is 64.2 Å². The second-order valence-electron chi connectivity index (χ2n) is 6.05. The number of hydrogen-bond donors (Lipinski definition) is 1. The van der Waals surface area contributed by atoms with Gasteiger partial charge in [0, 0.05) is 30.9 Å². The van der Waals surface area contributed by atoms with Gasteiger partial charge in [0.15, 0.2) is 0 Å². The minimum Gasteiger partial charge on any atom is -0.314 e. The molecule has 3 heterocycles. The molecule has 0 spiro atoms. The van der Waals surface area contributed by atoms with Crippen molar-refractivity contribution < 1.29 is 0 Å². The van der Waals surface area contributed by atoms with Crippen LogP contribution in [0.15, 0.2) is 18.3 Å². The lowest BCUT2D eigenvalue weighted by atomic mass is 9.96. The lowest BCUT2D eigenvalue weighted by Gasteiger charge is -2.39. The largest absolute Gasteiger partial charge is 0.314 e. The summed E-state index contributed by atoms with van der Waals surface area (Å²) in [5, 5.41) is 3.64. The number of rotatable bonds is 4. The monoisotopic (exact) mass is 259 g/mol. The predicted molar refractivity (Wildman–Crippen MR) is 78.0 cm³/mol. The Bertz CT molecular complexity index is 418. The molecule has 1 aromatic rings. The summed E-state index contributed by atoms with van der Waals surface area (Å²) in [6, 6.07) is 6.48. The van der Waals surface area contributed by atoms with Crippen LogP contribution in [0, 0.1) is 6.92 Å². The fraction of sp³-hybridized carbons (Fsp3) is 0.688. The molecule has 2 aliphatic rings. The number of aromatic nitrogens is 1. The van der Waals surface area contributed by atoms with Crippen LogP contribution < -0.4 is 5.32 Å². The Morgan fingerprint density at radius 1 is 1.32 bits per heavy atom. The number of pyridine rings is 1. The highest BCUT2D eigenvalue weighted by atomic mass is 15.2. The molecule has 1 N–H and O–H groups in total. The summed E-state index contributed by atoms with van der Waals surface area (Å²) in [6.45, 7) is 6.53. The summed E-state index contributed by atoms with van der Waals surface area (Å²) in [7, 11) is 0. The Hall–Kier alpha value is -0.930. The van der Waals surface area contributed by atoms with E-state index in [2.05, 4.69) is 35.1 Å². The Labute approximate surface area is 116 Å². The molecule has 19 heavy (non-hydrogen) atoms. The van der Waals surface area contributed by atoms with Gasteiger partial charge in [0.25, 0.3) is 0 Å². The van der Waals surface area contributed by atoms with Crippen molar-refractivity contribution in [1.82, 2.24) is 15.2 Å². The molecule has 2 saturated heterocycles. The number of hydrogen-bond acceptors (Lipinski definition) is 3. The van der Waals surface area contributed by atoms with Gasteiger partial charge >= 0.3 is 0 Å². The highest BCUT2D eigenvalue weighted by molar-refractivity contribution is 5.18. The zero-order valence-corrected chi connectivity index (χ0v) is 12.1. The maximum absolute atomic E-state index is 4.57. The van der Waals surface area contributed by atoms with Crippen LogP contribution in [0.5, 0.6) is 0 Å². The Morgan fingerprint density at radius 2 is 2.05 bits per heavy atom. The lowest BCUT2D eigenvalue weighted by Crippen LogP contribution is -2.48. The van der Waals surface area contributed by atoms with Crippen molar-refractivity contribution >= 4 is 0 Å². The van der Waals surface area contributed by atoms with Crippen LogP contribution in [-0.4, -0.2) is 34.6 Å². The number of nitrogens with zero attached hydrogens (tertiary/aromatic N) is 2. The van der Waals surface area contributed by atoms with Gasteiger partial charge in [0.05, 0.1) is 5.69 Å². The SMILES string of the molecule is CCNC1CC2CCC(C1)N2Cc1ncccc1C. The topological polar surface area (TPSA) is 28.2 Å². The van der Waals surface area contributed by atoms with Crippen LogP contribution in [0.1, 0.15) is 43.9 Å². The van der Waals surface area contributed by atoms with E-state index in [1.807, 2.05) is 12.3 Å². The van der Waals surface area contributed by atoms with Gasteiger partial charge in [-0.1, -0.05) is 13.0 Å². The number of fused-ring (bicyclic) bond motifs is 2. The first-order valence-corrected chi connectivity index (χ1v) is 7.67. The molecule has 2 aliphatic heterocycles. The highest BCUT2D eigenvalue weighted by Gasteiger charge is 2.40. The van der Waals surface area contributed by atoms with Crippen molar-refractivity contribution in [3.05, 3.63) is 29.6 Å². The summed E-state index contributed by atoms with van der Waals surface area (Å²) < 4.78 is 0. The summed E-state index contributed by atoms with van der Waals surface area (Å²) in [5.74, 6) is 0. The molecular weight excluding hydrogens is 234 g/mol. The molecule has 2 fully saturated rings. The molecule has 0 saturated carbocycles. The summed E-state index contributed by atoms with van der Waals surface area (Å²) in [4.78, 5) is 7.28. The normalized spacial score (nSPS) is 30.7. The van der Waals surface area contributed by atoms with E-state index in [4.69, 9.17) is 0 Å². The first kappa shape index (κ1) is 13.1. The smallest absolute Gasteiger partial charge is 0.0573 e. The number of aryl methyl sites for hydroxylation is 1. The lowest BCUT2D eigenvalue weighted by molar-refractivity contribution is 0.108. The third-order valence-corrected chi connectivity index (χ3v) is 4.83. The van der Waals surface area contributed by atoms with E-state index >= 15 is 0 Å². The first-order chi connectivity index (χ1) is 9.28. The molecule has 2 atom stereocenters.